The zero-order valence-corrected chi connectivity index (χ0v) is 11.0. The van der Waals surface area contributed by atoms with Gasteiger partial charge in [-0.3, -0.25) is 4.79 Å². The summed E-state index contributed by atoms with van der Waals surface area (Å²) in [7, 11) is 0. The molecule has 5 nitrogen and oxygen atoms in total. The normalized spacial score (nSPS) is 13.3. The first kappa shape index (κ1) is 18.6. The monoisotopic (exact) mass is 345 g/mol. The van der Waals surface area contributed by atoms with Crippen LogP contribution in [0.3, 0.4) is 0 Å². The number of nitrogens with one attached hydrogen (secondary N) is 1. The summed E-state index contributed by atoms with van der Waals surface area (Å²) in [5, 5.41) is 10.1. The lowest BCUT2D eigenvalue weighted by atomic mass is 10.1. The van der Waals surface area contributed by atoms with Gasteiger partial charge in [-0.1, -0.05) is 12.1 Å². The van der Waals surface area contributed by atoms with E-state index in [1.807, 2.05) is 0 Å². The third kappa shape index (κ3) is 6.04. The topological polar surface area (TPSA) is 75.6 Å². The van der Waals surface area contributed by atoms with Gasteiger partial charge in [-0.15, -0.1) is 0 Å². The van der Waals surface area contributed by atoms with Gasteiger partial charge in [0, 0.05) is 0 Å². The highest BCUT2D eigenvalue weighted by molar-refractivity contribution is 5.87. The Morgan fingerprint density at radius 1 is 1.09 bits per heavy atom. The number of carbonyl (C=O) groups is 2. The Bertz CT molecular complexity index is 566. The first-order valence-electron chi connectivity index (χ1n) is 5.80. The van der Waals surface area contributed by atoms with E-state index in [0.717, 1.165) is 24.3 Å². The van der Waals surface area contributed by atoms with Gasteiger partial charge in [0.1, 0.15) is 5.75 Å². The molecule has 11 heteroatoms. The highest BCUT2D eigenvalue weighted by atomic mass is 19.4. The van der Waals surface area contributed by atoms with Gasteiger partial charge in [-0.05, 0) is 17.7 Å². The molecule has 1 amide bonds. The molecular formula is C12H9F6NO4. The molecule has 1 unspecified atom stereocenters. The van der Waals surface area contributed by atoms with Crippen LogP contribution in [0.1, 0.15) is 11.6 Å². The van der Waals surface area contributed by atoms with Crippen LogP contribution in [0.5, 0.6) is 5.75 Å². The van der Waals surface area contributed by atoms with E-state index in [0.29, 0.717) is 0 Å². The van der Waals surface area contributed by atoms with Gasteiger partial charge in [0.15, 0.2) is 12.6 Å². The first-order valence-corrected chi connectivity index (χ1v) is 5.80. The molecule has 0 radical (unpaired) electrons. The number of alkyl halides is 6. The minimum atomic E-state index is -5.27. The SMILES string of the molecule is O=C(O)C(NC(=O)C(F)(F)F)c1ccc(OCC(F)(F)F)cc1. The van der Waals surface area contributed by atoms with E-state index in [-0.39, 0.29) is 11.3 Å². The molecular weight excluding hydrogens is 336 g/mol. The van der Waals surface area contributed by atoms with E-state index in [9.17, 15) is 35.9 Å². The van der Waals surface area contributed by atoms with E-state index >= 15 is 0 Å². The lowest BCUT2D eigenvalue weighted by Crippen LogP contribution is -2.41. The maximum Gasteiger partial charge on any atom is 0.471 e. The molecule has 0 spiro atoms. The smallest absolute Gasteiger partial charge is 0.471 e. The molecule has 2 N–H and O–H groups in total. The number of ether oxygens (including phenoxy) is 1. The summed E-state index contributed by atoms with van der Waals surface area (Å²) in [4.78, 5) is 21.7. The number of carboxylic acid groups (broad SMARTS) is 1. The Hall–Kier alpha value is -2.46. The van der Waals surface area contributed by atoms with E-state index < -0.39 is 36.9 Å². The van der Waals surface area contributed by atoms with Gasteiger partial charge in [0.25, 0.3) is 0 Å². The highest BCUT2D eigenvalue weighted by Gasteiger charge is 2.41. The average molecular weight is 345 g/mol. The molecule has 1 rings (SSSR count). The third-order valence-electron chi connectivity index (χ3n) is 2.40. The fourth-order valence-corrected chi connectivity index (χ4v) is 1.42. The predicted molar refractivity (Wildman–Crippen MR) is 62.6 cm³/mol. The zero-order valence-electron chi connectivity index (χ0n) is 11.0. The van der Waals surface area contributed by atoms with Crippen molar-refractivity contribution < 1.29 is 45.8 Å². The number of carboxylic acids is 1. The molecule has 128 valence electrons. The molecule has 1 aromatic carbocycles. The van der Waals surface area contributed by atoms with Crippen molar-refractivity contribution >= 4 is 11.9 Å². The number of hydrogen-bond donors (Lipinski definition) is 2. The highest BCUT2D eigenvalue weighted by Crippen LogP contribution is 2.23. The first-order chi connectivity index (χ1) is 10.4. The van der Waals surface area contributed by atoms with Gasteiger partial charge in [-0.25, -0.2) is 4.79 Å². The molecule has 0 heterocycles. The number of benzene rings is 1. The molecule has 23 heavy (non-hydrogen) atoms. The Kier molecular flexibility index (Phi) is 5.46. The molecule has 1 atom stereocenters. The molecule has 0 aliphatic heterocycles. The lowest BCUT2D eigenvalue weighted by Gasteiger charge is -2.16. The Morgan fingerprint density at radius 2 is 1.61 bits per heavy atom. The number of amides is 1. The summed E-state index contributed by atoms with van der Waals surface area (Å²) in [6.07, 6.45) is -9.85. The molecule has 0 fully saturated rings. The van der Waals surface area contributed by atoms with E-state index in [2.05, 4.69) is 4.74 Å². The van der Waals surface area contributed by atoms with Crippen molar-refractivity contribution in [2.75, 3.05) is 6.61 Å². The van der Waals surface area contributed by atoms with Gasteiger partial charge >= 0.3 is 24.2 Å². The second-order valence-electron chi connectivity index (χ2n) is 4.22. The van der Waals surface area contributed by atoms with Gasteiger partial charge in [0.2, 0.25) is 0 Å². The van der Waals surface area contributed by atoms with Gasteiger partial charge in [0.05, 0.1) is 0 Å². The molecule has 0 saturated heterocycles. The second kappa shape index (κ2) is 6.75. The van der Waals surface area contributed by atoms with Crippen molar-refractivity contribution in [1.29, 1.82) is 0 Å². The van der Waals surface area contributed by atoms with Crippen LogP contribution in [-0.4, -0.2) is 35.9 Å². The minimum absolute atomic E-state index is 0.266. The Balaban J connectivity index is 2.85. The molecule has 0 aliphatic rings. The lowest BCUT2D eigenvalue weighted by molar-refractivity contribution is -0.175. The zero-order chi connectivity index (χ0) is 17.8. The molecule has 0 saturated carbocycles. The fourth-order valence-electron chi connectivity index (χ4n) is 1.42. The number of aliphatic carboxylic acids is 1. The predicted octanol–water partition coefficient (Wildman–Crippen LogP) is 2.43. The molecule has 0 bridgehead atoms. The van der Waals surface area contributed by atoms with E-state index in [1.54, 1.807) is 0 Å². The van der Waals surface area contributed by atoms with Crippen LogP contribution in [0, 0.1) is 0 Å². The summed E-state index contributed by atoms with van der Waals surface area (Å²) in [6.45, 7) is -1.58. The Morgan fingerprint density at radius 3 is 2.00 bits per heavy atom. The number of halogens is 6. The van der Waals surface area contributed by atoms with Crippen LogP contribution < -0.4 is 10.1 Å². The van der Waals surface area contributed by atoms with E-state index in [4.69, 9.17) is 5.11 Å². The number of carbonyl (C=O) groups excluding carboxylic acids is 1. The fraction of sp³-hybridized carbons (Fsp3) is 0.333. The standard InChI is InChI=1S/C12H9F6NO4/c13-11(14,15)5-23-7-3-1-6(2-4-7)8(9(20)21)19-10(22)12(16,17)18/h1-4,8H,5H2,(H,19,22)(H,20,21). The molecule has 1 aromatic rings. The van der Waals surface area contributed by atoms with E-state index in [1.165, 1.54) is 5.32 Å². The summed E-state index contributed by atoms with van der Waals surface area (Å²) in [6, 6.07) is 1.73. The van der Waals surface area contributed by atoms with Crippen LogP contribution >= 0.6 is 0 Å². The minimum Gasteiger partial charge on any atom is -0.484 e. The van der Waals surface area contributed by atoms with Crippen LogP contribution in [0.4, 0.5) is 26.3 Å². The molecule has 0 aliphatic carbocycles. The summed E-state index contributed by atoms with van der Waals surface area (Å²) in [5.41, 5.74) is -0.269. The van der Waals surface area contributed by atoms with Crippen molar-refractivity contribution in [3.8, 4) is 5.75 Å². The number of rotatable bonds is 5. The van der Waals surface area contributed by atoms with Crippen molar-refractivity contribution in [2.45, 2.75) is 18.4 Å². The van der Waals surface area contributed by atoms with Gasteiger partial charge in [-0.2, -0.15) is 26.3 Å². The van der Waals surface area contributed by atoms with Crippen molar-refractivity contribution in [3.05, 3.63) is 29.8 Å². The van der Waals surface area contributed by atoms with Crippen LogP contribution in [0.2, 0.25) is 0 Å². The summed E-state index contributed by atoms with van der Waals surface area (Å²) >= 11 is 0. The van der Waals surface area contributed by atoms with Crippen LogP contribution in [0.15, 0.2) is 24.3 Å². The van der Waals surface area contributed by atoms with Crippen LogP contribution in [-0.2, 0) is 9.59 Å². The summed E-state index contributed by atoms with van der Waals surface area (Å²) < 4.78 is 76.6. The van der Waals surface area contributed by atoms with Crippen molar-refractivity contribution in [3.63, 3.8) is 0 Å². The van der Waals surface area contributed by atoms with Gasteiger partial charge < -0.3 is 15.2 Å². The summed E-state index contributed by atoms with van der Waals surface area (Å²) in [5.74, 6) is -4.49. The maximum absolute atomic E-state index is 12.1. The number of hydrogen-bond acceptors (Lipinski definition) is 3. The van der Waals surface area contributed by atoms with Crippen LogP contribution in [0.25, 0.3) is 0 Å². The largest absolute Gasteiger partial charge is 0.484 e. The quantitative estimate of drug-likeness (QED) is 0.804. The Labute approximate surface area is 124 Å². The maximum atomic E-state index is 12.1. The van der Waals surface area contributed by atoms with Crippen molar-refractivity contribution in [2.24, 2.45) is 0 Å². The van der Waals surface area contributed by atoms with Crippen molar-refractivity contribution in [1.82, 2.24) is 5.32 Å². The molecule has 0 aromatic heterocycles. The second-order valence-corrected chi connectivity index (χ2v) is 4.22. The third-order valence-corrected chi connectivity index (χ3v) is 2.40. The average Bonchev–Trinajstić information content (AvgIpc) is 2.40.